The van der Waals surface area contributed by atoms with Crippen molar-refractivity contribution in [1.29, 1.82) is 0 Å². The van der Waals surface area contributed by atoms with Gasteiger partial charge in [0.25, 0.3) is 0 Å². The van der Waals surface area contributed by atoms with E-state index in [9.17, 15) is 14.4 Å². The molecule has 0 spiro atoms. The minimum Gasteiger partial charge on any atom is -0.497 e. The first-order valence-corrected chi connectivity index (χ1v) is 10.4. The Morgan fingerprint density at radius 1 is 1.14 bits per heavy atom. The number of piperazine rings is 1. The molecule has 0 radical (unpaired) electrons. The van der Waals surface area contributed by atoms with Crippen molar-refractivity contribution < 1.29 is 19.1 Å². The highest BCUT2D eigenvalue weighted by Gasteiger charge is 2.41. The van der Waals surface area contributed by atoms with Crippen LogP contribution >= 0.6 is 0 Å². The van der Waals surface area contributed by atoms with Crippen molar-refractivity contribution in [3.8, 4) is 5.75 Å². The van der Waals surface area contributed by atoms with Crippen LogP contribution in [-0.2, 0) is 20.8 Å². The van der Waals surface area contributed by atoms with Crippen molar-refractivity contribution >= 4 is 17.7 Å². The first kappa shape index (κ1) is 21.1. The van der Waals surface area contributed by atoms with Crippen molar-refractivity contribution in [3.63, 3.8) is 0 Å². The molecule has 3 amide bonds. The minimum absolute atomic E-state index is 0.0113. The maximum absolute atomic E-state index is 12.9. The molecule has 7 heteroatoms. The fraction of sp³-hybridized carbons (Fsp3) is 0.591. The SMILES string of the molecule is COc1ccc(CCC(=O)N2CCC3C(=O)N(CC(C)C)CC(=O)N3CC2)cc1. The van der Waals surface area contributed by atoms with Crippen LogP contribution < -0.4 is 4.74 Å². The number of benzene rings is 1. The topological polar surface area (TPSA) is 70.2 Å². The molecule has 2 saturated heterocycles. The van der Waals surface area contributed by atoms with Crippen LogP contribution in [0.25, 0.3) is 0 Å². The molecule has 2 aliphatic rings. The lowest BCUT2D eigenvalue weighted by Crippen LogP contribution is -2.60. The molecule has 2 aliphatic heterocycles. The molecule has 1 aromatic rings. The lowest BCUT2D eigenvalue weighted by Gasteiger charge is -2.39. The Labute approximate surface area is 172 Å². The third kappa shape index (κ3) is 5.08. The Morgan fingerprint density at radius 3 is 2.52 bits per heavy atom. The van der Waals surface area contributed by atoms with Crippen molar-refractivity contribution in [3.05, 3.63) is 29.8 Å². The van der Waals surface area contributed by atoms with Crippen molar-refractivity contribution in [2.75, 3.05) is 39.8 Å². The van der Waals surface area contributed by atoms with Crippen molar-refractivity contribution in [1.82, 2.24) is 14.7 Å². The second kappa shape index (κ2) is 9.29. The summed E-state index contributed by atoms with van der Waals surface area (Å²) in [6, 6.07) is 7.29. The molecule has 3 rings (SSSR count). The molecule has 2 fully saturated rings. The van der Waals surface area contributed by atoms with Crippen LogP contribution in [0.4, 0.5) is 0 Å². The highest BCUT2D eigenvalue weighted by atomic mass is 16.5. The van der Waals surface area contributed by atoms with Gasteiger partial charge in [-0.25, -0.2) is 0 Å². The van der Waals surface area contributed by atoms with Crippen LogP contribution in [-0.4, -0.2) is 78.3 Å². The number of ether oxygens (including phenoxy) is 1. The molecular formula is C22H31N3O4. The van der Waals surface area contributed by atoms with Gasteiger partial charge in [-0.3, -0.25) is 14.4 Å². The van der Waals surface area contributed by atoms with Gasteiger partial charge in [-0.2, -0.15) is 0 Å². The zero-order valence-corrected chi connectivity index (χ0v) is 17.6. The zero-order chi connectivity index (χ0) is 21.0. The summed E-state index contributed by atoms with van der Waals surface area (Å²) in [6.07, 6.45) is 1.58. The van der Waals surface area contributed by atoms with Gasteiger partial charge < -0.3 is 19.4 Å². The molecule has 0 N–H and O–H groups in total. The number of aryl methyl sites for hydroxylation is 1. The number of carbonyl (C=O) groups is 3. The van der Waals surface area contributed by atoms with Crippen LogP contribution in [0.1, 0.15) is 32.3 Å². The summed E-state index contributed by atoms with van der Waals surface area (Å²) in [5.74, 6) is 1.19. The van der Waals surface area contributed by atoms with E-state index in [1.165, 1.54) is 0 Å². The van der Waals surface area contributed by atoms with Crippen LogP contribution in [0, 0.1) is 5.92 Å². The second-order valence-corrected chi connectivity index (χ2v) is 8.23. The molecule has 0 saturated carbocycles. The maximum Gasteiger partial charge on any atom is 0.245 e. The molecule has 29 heavy (non-hydrogen) atoms. The molecule has 1 aromatic carbocycles. The summed E-state index contributed by atoms with van der Waals surface area (Å²) in [5.41, 5.74) is 1.08. The smallest absolute Gasteiger partial charge is 0.245 e. The van der Waals surface area contributed by atoms with Gasteiger partial charge in [0.05, 0.1) is 13.7 Å². The molecule has 1 atom stereocenters. The Bertz CT molecular complexity index is 747. The standard InChI is InChI=1S/C22H31N3O4/c1-16(2)14-24-15-21(27)25-13-12-23(11-10-19(25)22(24)28)20(26)9-6-17-4-7-18(29-3)8-5-17/h4-5,7-8,16,19H,6,9-15H2,1-3H3. The molecule has 0 bridgehead atoms. The summed E-state index contributed by atoms with van der Waals surface area (Å²) in [7, 11) is 1.63. The van der Waals surface area contributed by atoms with Gasteiger partial charge >= 0.3 is 0 Å². The van der Waals surface area contributed by atoms with E-state index in [1.54, 1.807) is 21.8 Å². The monoisotopic (exact) mass is 401 g/mol. The van der Waals surface area contributed by atoms with Gasteiger partial charge in [0, 0.05) is 32.6 Å². The maximum atomic E-state index is 12.9. The molecular weight excluding hydrogens is 370 g/mol. The Kier molecular flexibility index (Phi) is 6.77. The van der Waals surface area contributed by atoms with E-state index in [2.05, 4.69) is 0 Å². The fourth-order valence-electron chi connectivity index (χ4n) is 4.07. The average molecular weight is 402 g/mol. The number of carbonyl (C=O) groups excluding carboxylic acids is 3. The number of rotatable bonds is 6. The van der Waals surface area contributed by atoms with E-state index in [0.29, 0.717) is 51.4 Å². The predicted octanol–water partition coefficient (Wildman–Crippen LogP) is 1.56. The summed E-state index contributed by atoms with van der Waals surface area (Å²) in [4.78, 5) is 43.3. The quantitative estimate of drug-likeness (QED) is 0.725. The fourth-order valence-corrected chi connectivity index (χ4v) is 4.07. The second-order valence-electron chi connectivity index (χ2n) is 8.23. The number of methoxy groups -OCH3 is 1. The number of fused-ring (bicyclic) bond motifs is 1. The average Bonchev–Trinajstić information content (AvgIpc) is 2.94. The van der Waals surface area contributed by atoms with E-state index in [1.807, 2.05) is 38.1 Å². The molecule has 0 aliphatic carbocycles. The minimum atomic E-state index is -0.436. The van der Waals surface area contributed by atoms with Gasteiger partial charge in [0.2, 0.25) is 17.7 Å². The first-order valence-electron chi connectivity index (χ1n) is 10.4. The predicted molar refractivity (Wildman–Crippen MR) is 109 cm³/mol. The summed E-state index contributed by atoms with van der Waals surface area (Å²) in [6.45, 7) is 6.26. The Hall–Kier alpha value is -2.57. The zero-order valence-electron chi connectivity index (χ0n) is 17.6. The van der Waals surface area contributed by atoms with Gasteiger partial charge in [-0.05, 0) is 36.5 Å². The molecule has 2 heterocycles. The van der Waals surface area contributed by atoms with Gasteiger partial charge in [0.15, 0.2) is 0 Å². The largest absolute Gasteiger partial charge is 0.497 e. The lowest BCUT2D eigenvalue weighted by molar-refractivity contribution is -0.156. The van der Waals surface area contributed by atoms with E-state index < -0.39 is 6.04 Å². The Morgan fingerprint density at radius 2 is 1.86 bits per heavy atom. The number of amides is 3. The summed E-state index contributed by atoms with van der Waals surface area (Å²) >= 11 is 0. The normalized spacial score (nSPS) is 20.0. The third-order valence-corrected chi connectivity index (χ3v) is 5.63. The van der Waals surface area contributed by atoms with Crippen LogP contribution in [0.5, 0.6) is 5.75 Å². The number of nitrogens with zero attached hydrogens (tertiary/aromatic N) is 3. The molecule has 7 nitrogen and oxygen atoms in total. The van der Waals surface area contributed by atoms with Gasteiger partial charge in [-0.15, -0.1) is 0 Å². The highest BCUT2D eigenvalue weighted by Crippen LogP contribution is 2.21. The van der Waals surface area contributed by atoms with E-state index in [-0.39, 0.29) is 24.3 Å². The molecule has 158 valence electrons. The molecule has 1 unspecified atom stereocenters. The van der Waals surface area contributed by atoms with Crippen molar-refractivity contribution in [2.24, 2.45) is 5.92 Å². The van der Waals surface area contributed by atoms with Gasteiger partial charge in [-0.1, -0.05) is 26.0 Å². The summed E-state index contributed by atoms with van der Waals surface area (Å²) < 4.78 is 5.16. The van der Waals surface area contributed by atoms with E-state index >= 15 is 0 Å². The van der Waals surface area contributed by atoms with Crippen LogP contribution in [0.2, 0.25) is 0 Å². The number of hydrogen-bond donors (Lipinski definition) is 0. The first-order chi connectivity index (χ1) is 13.9. The van der Waals surface area contributed by atoms with Crippen LogP contribution in [0.3, 0.4) is 0 Å². The van der Waals surface area contributed by atoms with Crippen molar-refractivity contribution in [2.45, 2.75) is 39.2 Å². The van der Waals surface area contributed by atoms with E-state index in [4.69, 9.17) is 4.74 Å². The van der Waals surface area contributed by atoms with Gasteiger partial charge in [0.1, 0.15) is 11.8 Å². The number of hydrogen-bond acceptors (Lipinski definition) is 4. The lowest BCUT2D eigenvalue weighted by atomic mass is 10.1. The summed E-state index contributed by atoms with van der Waals surface area (Å²) in [5, 5.41) is 0. The highest BCUT2D eigenvalue weighted by molar-refractivity contribution is 5.95. The molecule has 0 aromatic heterocycles. The van der Waals surface area contributed by atoms with Crippen LogP contribution in [0.15, 0.2) is 24.3 Å². The third-order valence-electron chi connectivity index (χ3n) is 5.63. The Balaban J connectivity index is 1.57. The van der Waals surface area contributed by atoms with E-state index in [0.717, 1.165) is 11.3 Å².